The molecule has 0 fully saturated rings. The van der Waals surface area contributed by atoms with Crippen LogP contribution in [0, 0.1) is 0 Å². The third-order valence-corrected chi connectivity index (χ3v) is 4.16. The van der Waals surface area contributed by atoms with Crippen molar-refractivity contribution < 1.29 is 13.6 Å². The first kappa shape index (κ1) is 23.1. The molecule has 0 bridgehead atoms. The second kappa shape index (κ2) is 8.95. The summed E-state index contributed by atoms with van der Waals surface area (Å²) in [6.45, 7) is 22.7. The molecule has 0 heterocycles. The molecule has 0 rings (SSSR count). The van der Waals surface area contributed by atoms with Crippen molar-refractivity contribution in [3.05, 3.63) is 0 Å². The minimum absolute atomic E-state index is 0.608. The predicted molar refractivity (Wildman–Crippen MR) is 112 cm³/mol. The molecule has 0 N–H and O–H groups in total. The molecule has 140 valence electrons. The van der Waals surface area contributed by atoms with Crippen LogP contribution in [-0.2, 0) is 13.6 Å². The molecular weight excluding hydrogens is 354 g/mol. The van der Waals surface area contributed by atoms with E-state index in [1.54, 1.807) is 0 Å². The Balaban J connectivity index is 5.68. The van der Waals surface area contributed by atoms with Crippen LogP contribution in [0.1, 0.15) is 20.3 Å². The summed E-state index contributed by atoms with van der Waals surface area (Å²) in [5, 5.41) is 13.0. The summed E-state index contributed by atoms with van der Waals surface area (Å²) in [4.78, 5) is 0. The predicted octanol–water partition coefficient (Wildman–Crippen LogP) is 5.04. The van der Waals surface area contributed by atoms with Gasteiger partial charge in [-0.15, -0.1) is 10.3 Å². The summed E-state index contributed by atoms with van der Waals surface area (Å²) >= 11 is 0. The fourth-order valence-corrected chi connectivity index (χ4v) is 2.39. The maximum absolute atomic E-state index is 5.74. The zero-order valence-electron chi connectivity index (χ0n) is 17.3. The van der Waals surface area contributed by atoms with E-state index >= 15 is 0 Å². The van der Waals surface area contributed by atoms with E-state index < -0.39 is 25.0 Å². The molecule has 0 aliphatic carbocycles. The van der Waals surface area contributed by atoms with Crippen molar-refractivity contribution in [2.24, 2.45) is 15.5 Å². The van der Waals surface area contributed by atoms with Gasteiger partial charge < -0.3 is 13.6 Å². The van der Waals surface area contributed by atoms with E-state index in [9.17, 15) is 0 Å². The van der Waals surface area contributed by atoms with Crippen molar-refractivity contribution >= 4 is 42.1 Å². The Morgan fingerprint density at radius 2 is 1.04 bits per heavy atom. The highest BCUT2D eigenvalue weighted by Gasteiger charge is 2.23. The lowest BCUT2D eigenvalue weighted by molar-refractivity contribution is 0.328. The fraction of sp³-hybridized carbons (Fsp3) is 0.800. The van der Waals surface area contributed by atoms with Crippen LogP contribution in [0.25, 0.3) is 0 Å². The van der Waals surface area contributed by atoms with E-state index in [-0.39, 0.29) is 0 Å². The van der Waals surface area contributed by atoms with Crippen LogP contribution in [0.4, 0.5) is 0 Å². The Morgan fingerprint density at radius 3 is 1.42 bits per heavy atom. The van der Waals surface area contributed by atoms with Gasteiger partial charge in [0.25, 0.3) is 25.0 Å². The van der Waals surface area contributed by atoms with Gasteiger partial charge in [0.2, 0.25) is 0 Å². The molecule has 0 radical (unpaired) electrons. The molecule has 0 aromatic carbocycles. The van der Waals surface area contributed by atoms with E-state index in [2.05, 4.69) is 74.4 Å². The standard InChI is InChI=1S/C15H35N3O3Si3/c1-12-14(17-20-23(6,7)8)15(18-21-24(9,10)11)13(2)16-19-22(3,4)5/h12H2,1-11H3. The summed E-state index contributed by atoms with van der Waals surface area (Å²) in [6.07, 6.45) is 0.679. The minimum atomic E-state index is -1.81. The lowest BCUT2D eigenvalue weighted by Gasteiger charge is -2.18. The number of oxime groups is 3. The molecule has 0 amide bonds. The van der Waals surface area contributed by atoms with E-state index in [0.717, 1.165) is 5.71 Å². The SMILES string of the molecule is CCC(=NO[Si](C)(C)C)C(=NO[Si](C)(C)C)C(C)=NO[Si](C)(C)C. The fourth-order valence-electron chi connectivity index (χ4n) is 1.23. The van der Waals surface area contributed by atoms with Gasteiger partial charge in [0.05, 0.1) is 0 Å². The molecule has 0 spiro atoms. The molecule has 0 saturated heterocycles. The maximum atomic E-state index is 5.74. The van der Waals surface area contributed by atoms with Gasteiger partial charge in [-0.3, -0.25) is 0 Å². The van der Waals surface area contributed by atoms with Crippen molar-refractivity contribution in [2.45, 2.75) is 79.2 Å². The Bertz CT molecular complexity index is 499. The van der Waals surface area contributed by atoms with Gasteiger partial charge in [0.1, 0.15) is 11.4 Å². The molecule has 0 aromatic rings. The largest absolute Gasteiger partial charge is 0.455 e. The van der Waals surface area contributed by atoms with Crippen molar-refractivity contribution in [3.63, 3.8) is 0 Å². The Kier molecular flexibility index (Phi) is 8.60. The second-order valence-electron chi connectivity index (χ2n) is 8.62. The van der Waals surface area contributed by atoms with Crippen molar-refractivity contribution in [3.8, 4) is 0 Å². The van der Waals surface area contributed by atoms with Gasteiger partial charge in [-0.25, -0.2) is 0 Å². The zero-order chi connectivity index (χ0) is 19.2. The Morgan fingerprint density at radius 1 is 0.667 bits per heavy atom. The highest BCUT2D eigenvalue weighted by atomic mass is 28.4. The van der Waals surface area contributed by atoms with Gasteiger partial charge >= 0.3 is 0 Å². The van der Waals surface area contributed by atoms with Gasteiger partial charge in [0, 0.05) is 0 Å². The normalized spacial score (nSPS) is 15.4. The Hall–Kier alpha value is -0.939. The van der Waals surface area contributed by atoms with Gasteiger partial charge in [-0.05, 0) is 72.3 Å². The third-order valence-electron chi connectivity index (χ3n) is 2.25. The van der Waals surface area contributed by atoms with E-state index in [4.69, 9.17) is 13.6 Å². The molecule has 0 aliphatic heterocycles. The first-order chi connectivity index (χ1) is 10.6. The first-order valence-electron chi connectivity index (χ1n) is 8.39. The van der Waals surface area contributed by atoms with Gasteiger partial charge in [-0.1, -0.05) is 12.1 Å². The first-order valence-corrected chi connectivity index (χ1v) is 18.6. The van der Waals surface area contributed by atoms with Crippen LogP contribution in [0.3, 0.4) is 0 Å². The van der Waals surface area contributed by atoms with Crippen molar-refractivity contribution in [1.82, 2.24) is 0 Å². The average molecular weight is 390 g/mol. The van der Waals surface area contributed by atoms with E-state index in [1.807, 2.05) is 13.8 Å². The monoisotopic (exact) mass is 389 g/mol. The smallest absolute Gasteiger partial charge is 0.278 e. The number of hydrogen-bond acceptors (Lipinski definition) is 6. The molecule has 0 atom stereocenters. The molecule has 9 heteroatoms. The molecular formula is C15H35N3O3Si3. The topological polar surface area (TPSA) is 64.8 Å². The zero-order valence-corrected chi connectivity index (χ0v) is 20.3. The summed E-state index contributed by atoms with van der Waals surface area (Å²) in [6, 6.07) is 0. The highest BCUT2D eigenvalue weighted by Crippen LogP contribution is 2.09. The molecule has 0 saturated carbocycles. The number of rotatable bonds is 9. The third kappa shape index (κ3) is 11.6. The highest BCUT2D eigenvalue weighted by molar-refractivity contribution is 6.72. The van der Waals surface area contributed by atoms with E-state index in [1.165, 1.54) is 0 Å². The quantitative estimate of drug-likeness (QED) is 0.315. The maximum Gasteiger partial charge on any atom is 0.278 e. The lowest BCUT2D eigenvalue weighted by Crippen LogP contribution is -2.30. The van der Waals surface area contributed by atoms with Crippen LogP contribution in [-0.4, -0.2) is 42.1 Å². The minimum Gasteiger partial charge on any atom is -0.455 e. The van der Waals surface area contributed by atoms with Crippen molar-refractivity contribution in [2.75, 3.05) is 0 Å². The van der Waals surface area contributed by atoms with Crippen LogP contribution < -0.4 is 0 Å². The van der Waals surface area contributed by atoms with Gasteiger partial charge in [-0.2, -0.15) is 0 Å². The van der Waals surface area contributed by atoms with Crippen LogP contribution >= 0.6 is 0 Å². The molecule has 0 aliphatic rings. The molecule has 24 heavy (non-hydrogen) atoms. The average Bonchev–Trinajstić information content (AvgIpc) is 2.36. The lowest BCUT2D eigenvalue weighted by atomic mass is 10.1. The Labute approximate surface area is 150 Å². The van der Waals surface area contributed by atoms with E-state index in [0.29, 0.717) is 17.8 Å². The summed E-state index contributed by atoms with van der Waals surface area (Å²) in [7, 11) is -5.33. The number of nitrogens with zero attached hydrogens (tertiary/aromatic N) is 3. The van der Waals surface area contributed by atoms with Crippen LogP contribution in [0.5, 0.6) is 0 Å². The van der Waals surface area contributed by atoms with Gasteiger partial charge in [0.15, 0.2) is 5.71 Å². The summed E-state index contributed by atoms with van der Waals surface area (Å²) in [5.74, 6) is 0. The number of hydrogen-bond donors (Lipinski definition) is 0. The summed E-state index contributed by atoms with van der Waals surface area (Å²) in [5.41, 5.74) is 2.00. The molecule has 6 nitrogen and oxygen atoms in total. The summed E-state index contributed by atoms with van der Waals surface area (Å²) < 4.78 is 17.1. The van der Waals surface area contributed by atoms with Crippen molar-refractivity contribution in [1.29, 1.82) is 0 Å². The molecule has 0 aromatic heterocycles. The van der Waals surface area contributed by atoms with Crippen LogP contribution in [0.15, 0.2) is 15.5 Å². The second-order valence-corrected chi connectivity index (χ2v) is 21.8. The molecule has 0 unspecified atom stereocenters. The van der Waals surface area contributed by atoms with Crippen LogP contribution in [0.2, 0.25) is 58.9 Å².